The van der Waals surface area contributed by atoms with Gasteiger partial charge in [0.1, 0.15) is 0 Å². The van der Waals surface area contributed by atoms with Gasteiger partial charge in [-0.15, -0.1) is 0 Å². The van der Waals surface area contributed by atoms with E-state index < -0.39 is 11.3 Å². The highest BCUT2D eigenvalue weighted by atomic mass is 19.3. The maximum absolute atomic E-state index is 13.4. The molecule has 5 heteroatoms. The molecule has 1 aliphatic rings. The summed E-state index contributed by atoms with van der Waals surface area (Å²) in [6, 6.07) is 4.92. The number of hydrogen-bond donors (Lipinski definition) is 1. The quantitative estimate of drug-likeness (QED) is 0.879. The molecule has 1 atom stereocenters. The summed E-state index contributed by atoms with van der Waals surface area (Å²) in [5.41, 5.74) is 4.50. The molecule has 0 amide bonds. The van der Waals surface area contributed by atoms with Gasteiger partial charge < -0.3 is 10.5 Å². The summed E-state index contributed by atoms with van der Waals surface area (Å²) < 4.78 is 32.1. The summed E-state index contributed by atoms with van der Waals surface area (Å²) >= 11 is 0. The van der Waals surface area contributed by atoms with E-state index in [1.165, 1.54) is 0 Å². The van der Waals surface area contributed by atoms with Gasteiger partial charge in [-0.25, -0.2) is 13.8 Å². The molecule has 94 valence electrons. The van der Waals surface area contributed by atoms with Gasteiger partial charge in [-0.3, -0.25) is 0 Å². The van der Waals surface area contributed by atoms with Crippen molar-refractivity contribution in [3.8, 4) is 5.88 Å². The Morgan fingerprint density at radius 2 is 2.12 bits per heavy atom. The fourth-order valence-electron chi connectivity index (χ4n) is 1.93. The highest BCUT2D eigenvalue weighted by Gasteiger charge is 2.72. The lowest BCUT2D eigenvalue weighted by Crippen LogP contribution is -2.28. The predicted octanol–water partition coefficient (Wildman–Crippen LogP) is 2.10. The lowest BCUT2D eigenvalue weighted by Gasteiger charge is -2.15. The van der Waals surface area contributed by atoms with Crippen molar-refractivity contribution < 1.29 is 13.5 Å². The standard InChI is InChI=1S/C12H16F2N2O/c1-8(2)17-10-5-3-4-9(16-10)11(7-15)6-12(11,13)14/h3-5,8H,6-7,15H2,1-2H3. The number of halogens is 2. The third-order valence-electron chi connectivity index (χ3n) is 3.02. The molecular weight excluding hydrogens is 226 g/mol. The molecule has 1 aliphatic carbocycles. The number of hydrogen-bond acceptors (Lipinski definition) is 3. The minimum Gasteiger partial charge on any atom is -0.475 e. The Balaban J connectivity index is 2.28. The average molecular weight is 242 g/mol. The normalized spacial score (nSPS) is 26.0. The summed E-state index contributed by atoms with van der Waals surface area (Å²) in [5, 5.41) is 0. The van der Waals surface area contributed by atoms with Crippen molar-refractivity contribution in [2.45, 2.75) is 37.7 Å². The van der Waals surface area contributed by atoms with Crippen LogP contribution in [0.15, 0.2) is 18.2 Å². The number of alkyl halides is 2. The minimum absolute atomic E-state index is 0.0358. The second-order valence-electron chi connectivity index (χ2n) is 4.70. The highest BCUT2D eigenvalue weighted by Crippen LogP contribution is 2.60. The summed E-state index contributed by atoms with van der Waals surface area (Å²) in [6.07, 6.45) is -0.263. The van der Waals surface area contributed by atoms with Crippen LogP contribution in [0.3, 0.4) is 0 Å². The van der Waals surface area contributed by atoms with Crippen LogP contribution in [0.2, 0.25) is 0 Å². The van der Waals surface area contributed by atoms with Crippen molar-refractivity contribution in [1.82, 2.24) is 4.98 Å². The van der Waals surface area contributed by atoms with Gasteiger partial charge in [0.2, 0.25) is 5.88 Å². The van der Waals surface area contributed by atoms with Gasteiger partial charge in [0.25, 0.3) is 5.92 Å². The SMILES string of the molecule is CC(C)Oc1cccc(C2(CN)CC2(F)F)n1. The van der Waals surface area contributed by atoms with Crippen LogP contribution in [0.4, 0.5) is 8.78 Å². The van der Waals surface area contributed by atoms with Crippen LogP contribution in [-0.4, -0.2) is 23.6 Å². The fraction of sp³-hybridized carbons (Fsp3) is 0.583. The number of aromatic nitrogens is 1. The zero-order valence-electron chi connectivity index (χ0n) is 9.91. The van der Waals surface area contributed by atoms with Gasteiger partial charge in [-0.1, -0.05) is 6.07 Å². The Morgan fingerprint density at radius 1 is 1.47 bits per heavy atom. The monoisotopic (exact) mass is 242 g/mol. The van der Waals surface area contributed by atoms with E-state index in [9.17, 15) is 8.78 Å². The van der Waals surface area contributed by atoms with Gasteiger partial charge in [-0.2, -0.15) is 0 Å². The largest absolute Gasteiger partial charge is 0.475 e. The summed E-state index contributed by atoms with van der Waals surface area (Å²) in [5.74, 6) is -2.38. The van der Waals surface area contributed by atoms with E-state index >= 15 is 0 Å². The van der Waals surface area contributed by atoms with E-state index in [1.54, 1.807) is 18.2 Å². The highest BCUT2D eigenvalue weighted by molar-refractivity contribution is 5.35. The first-order chi connectivity index (χ1) is 7.91. The molecule has 0 aliphatic heterocycles. The Morgan fingerprint density at radius 3 is 2.59 bits per heavy atom. The van der Waals surface area contributed by atoms with Crippen LogP contribution in [-0.2, 0) is 5.41 Å². The summed E-state index contributed by atoms with van der Waals surface area (Å²) in [4.78, 5) is 4.13. The summed E-state index contributed by atoms with van der Waals surface area (Å²) in [7, 11) is 0. The number of nitrogens with two attached hydrogens (primary N) is 1. The number of nitrogens with zero attached hydrogens (tertiary/aromatic N) is 1. The molecule has 1 fully saturated rings. The molecule has 3 nitrogen and oxygen atoms in total. The lowest BCUT2D eigenvalue weighted by molar-refractivity contribution is 0.0883. The third-order valence-corrected chi connectivity index (χ3v) is 3.02. The molecule has 0 spiro atoms. The Kier molecular flexibility index (Phi) is 2.81. The van der Waals surface area contributed by atoms with Crippen LogP contribution in [0.1, 0.15) is 26.0 Å². The molecular formula is C12H16F2N2O. The minimum atomic E-state index is -2.74. The molecule has 0 saturated heterocycles. The second-order valence-corrected chi connectivity index (χ2v) is 4.70. The van der Waals surface area contributed by atoms with Crippen LogP contribution in [0.5, 0.6) is 5.88 Å². The molecule has 1 saturated carbocycles. The number of rotatable bonds is 4. The molecule has 1 heterocycles. The fourth-order valence-corrected chi connectivity index (χ4v) is 1.93. The molecule has 0 bridgehead atoms. The predicted molar refractivity (Wildman–Crippen MR) is 60.3 cm³/mol. The Labute approximate surface area is 99.0 Å². The van der Waals surface area contributed by atoms with Crippen molar-refractivity contribution in [1.29, 1.82) is 0 Å². The molecule has 0 aromatic carbocycles. The molecule has 2 rings (SSSR count). The van der Waals surface area contributed by atoms with E-state index in [0.29, 0.717) is 11.6 Å². The molecule has 1 aromatic heterocycles. The zero-order chi connectivity index (χ0) is 12.7. The average Bonchev–Trinajstić information content (AvgIpc) is 2.82. The van der Waals surface area contributed by atoms with E-state index in [-0.39, 0.29) is 19.1 Å². The van der Waals surface area contributed by atoms with E-state index in [0.717, 1.165) is 0 Å². The Hall–Kier alpha value is -1.23. The molecule has 0 radical (unpaired) electrons. The van der Waals surface area contributed by atoms with Gasteiger partial charge >= 0.3 is 0 Å². The van der Waals surface area contributed by atoms with Crippen molar-refractivity contribution in [3.63, 3.8) is 0 Å². The van der Waals surface area contributed by atoms with Crippen molar-refractivity contribution in [3.05, 3.63) is 23.9 Å². The topological polar surface area (TPSA) is 48.1 Å². The molecule has 17 heavy (non-hydrogen) atoms. The molecule has 1 aromatic rings. The van der Waals surface area contributed by atoms with E-state index in [1.807, 2.05) is 13.8 Å². The summed E-state index contributed by atoms with van der Waals surface area (Å²) in [6.45, 7) is 3.62. The van der Waals surface area contributed by atoms with Gasteiger partial charge in [-0.05, 0) is 19.9 Å². The number of ether oxygens (including phenoxy) is 1. The number of pyridine rings is 1. The second kappa shape index (κ2) is 3.91. The first-order valence-corrected chi connectivity index (χ1v) is 5.63. The Bertz CT molecular complexity index is 423. The van der Waals surface area contributed by atoms with Crippen LogP contribution in [0, 0.1) is 0 Å². The van der Waals surface area contributed by atoms with E-state index in [2.05, 4.69) is 4.98 Å². The van der Waals surface area contributed by atoms with Gasteiger partial charge in [0, 0.05) is 19.0 Å². The van der Waals surface area contributed by atoms with Crippen LogP contribution < -0.4 is 10.5 Å². The smallest absolute Gasteiger partial charge is 0.261 e. The first-order valence-electron chi connectivity index (χ1n) is 5.63. The maximum atomic E-state index is 13.4. The third kappa shape index (κ3) is 1.99. The van der Waals surface area contributed by atoms with Crippen LogP contribution in [0.25, 0.3) is 0 Å². The van der Waals surface area contributed by atoms with Crippen LogP contribution >= 0.6 is 0 Å². The van der Waals surface area contributed by atoms with Crippen molar-refractivity contribution in [2.24, 2.45) is 5.73 Å². The van der Waals surface area contributed by atoms with Crippen molar-refractivity contribution >= 4 is 0 Å². The first kappa shape index (κ1) is 12.2. The lowest BCUT2D eigenvalue weighted by atomic mass is 10.0. The maximum Gasteiger partial charge on any atom is 0.261 e. The van der Waals surface area contributed by atoms with Crippen molar-refractivity contribution in [2.75, 3.05) is 6.54 Å². The molecule has 1 unspecified atom stereocenters. The van der Waals surface area contributed by atoms with Gasteiger partial charge in [0.05, 0.1) is 17.2 Å². The molecule has 2 N–H and O–H groups in total. The van der Waals surface area contributed by atoms with Gasteiger partial charge in [0.15, 0.2) is 0 Å². The zero-order valence-corrected chi connectivity index (χ0v) is 9.91. The van der Waals surface area contributed by atoms with E-state index in [4.69, 9.17) is 10.5 Å².